The largest absolute Gasteiger partial charge is 0.497 e. The number of aryl methyl sites for hydroxylation is 2. The highest BCUT2D eigenvalue weighted by Gasteiger charge is 2.36. The molecule has 1 aliphatic carbocycles. The number of hydrogen-bond acceptors (Lipinski definition) is 6. The van der Waals surface area contributed by atoms with Crippen LogP contribution in [0, 0.1) is 19.8 Å². The van der Waals surface area contributed by atoms with E-state index in [9.17, 15) is 13.2 Å². The minimum atomic E-state index is -3.70. The monoisotopic (exact) mass is 563 g/mol. The normalized spacial score (nSPS) is 25.1. The Bertz CT molecular complexity index is 1040. The van der Waals surface area contributed by atoms with Crippen molar-refractivity contribution in [1.29, 1.82) is 0 Å². The number of piperidine rings is 1. The zero-order valence-electron chi connectivity index (χ0n) is 24.5. The van der Waals surface area contributed by atoms with Crippen LogP contribution in [0.2, 0.25) is 0 Å². The number of likely N-dealkylation sites (tertiary alicyclic amines) is 1. The van der Waals surface area contributed by atoms with Gasteiger partial charge in [0.1, 0.15) is 12.4 Å². The predicted octanol–water partition coefficient (Wildman–Crippen LogP) is 4.37. The molecule has 1 unspecified atom stereocenters. The fraction of sp³-hybridized carbons (Fsp3) is 0.767. The van der Waals surface area contributed by atoms with Crippen molar-refractivity contribution in [1.82, 2.24) is 14.1 Å². The van der Waals surface area contributed by atoms with Gasteiger partial charge in [0, 0.05) is 32.2 Å². The quantitative estimate of drug-likeness (QED) is 0.398. The number of sulfonamides is 1. The molecule has 0 N–H and O–H groups in total. The standard InChI is InChI=1S/C30H49N3O5S/c1-23-19-28(37-4)20-24(2)30(23)39(35,36)33-17-6-5-9-27(33)21-38-22-29(34)31(3)18-14-25-10-12-26(13-11-25)32-15-7-8-16-32/h19-20,25-27H,5-18,21-22H2,1-4H3. The van der Waals surface area contributed by atoms with E-state index in [1.165, 1.54) is 51.6 Å². The average Bonchev–Trinajstić information content (AvgIpc) is 3.46. The Kier molecular flexibility index (Phi) is 10.7. The molecule has 2 heterocycles. The van der Waals surface area contributed by atoms with Crippen LogP contribution in [0.25, 0.3) is 0 Å². The summed E-state index contributed by atoms with van der Waals surface area (Å²) >= 11 is 0. The fourth-order valence-corrected chi connectivity index (χ4v) is 8.90. The van der Waals surface area contributed by atoms with Crippen molar-refractivity contribution in [2.45, 2.75) is 95.0 Å². The van der Waals surface area contributed by atoms with E-state index in [1.807, 2.05) is 20.9 Å². The molecule has 1 saturated carbocycles. The molecule has 3 aliphatic rings. The summed E-state index contributed by atoms with van der Waals surface area (Å²) in [6.45, 7) is 7.61. The molecule has 2 saturated heterocycles. The summed E-state index contributed by atoms with van der Waals surface area (Å²) in [6.07, 6.45) is 11.4. The second-order valence-corrected chi connectivity index (χ2v) is 13.7. The highest BCUT2D eigenvalue weighted by atomic mass is 32.2. The third-order valence-corrected chi connectivity index (χ3v) is 11.4. The number of carbonyl (C=O) groups is 1. The van der Waals surface area contributed by atoms with Gasteiger partial charge < -0.3 is 19.3 Å². The highest BCUT2D eigenvalue weighted by Crippen LogP contribution is 2.33. The summed E-state index contributed by atoms with van der Waals surface area (Å²) in [5.41, 5.74) is 1.36. The van der Waals surface area contributed by atoms with E-state index in [1.54, 1.807) is 28.4 Å². The van der Waals surface area contributed by atoms with Gasteiger partial charge in [0.2, 0.25) is 15.9 Å². The van der Waals surface area contributed by atoms with Crippen molar-refractivity contribution in [2.24, 2.45) is 5.92 Å². The molecule has 1 amide bonds. The van der Waals surface area contributed by atoms with E-state index in [-0.39, 0.29) is 25.2 Å². The first kappa shape index (κ1) is 30.3. The second-order valence-electron chi connectivity index (χ2n) is 11.9. The zero-order chi connectivity index (χ0) is 28.0. The van der Waals surface area contributed by atoms with Crippen LogP contribution in [-0.2, 0) is 19.6 Å². The molecular formula is C30H49N3O5S. The molecule has 9 heteroatoms. The first-order valence-corrected chi connectivity index (χ1v) is 16.4. The fourth-order valence-electron chi connectivity index (χ4n) is 6.81. The Balaban J connectivity index is 1.24. The lowest BCUT2D eigenvalue weighted by atomic mass is 9.83. The van der Waals surface area contributed by atoms with E-state index < -0.39 is 10.0 Å². The molecule has 1 aromatic carbocycles. The van der Waals surface area contributed by atoms with E-state index >= 15 is 0 Å². The van der Waals surface area contributed by atoms with Gasteiger partial charge in [-0.15, -0.1) is 0 Å². The van der Waals surface area contributed by atoms with Gasteiger partial charge in [-0.3, -0.25) is 4.79 Å². The van der Waals surface area contributed by atoms with Gasteiger partial charge >= 0.3 is 0 Å². The molecule has 39 heavy (non-hydrogen) atoms. The zero-order valence-corrected chi connectivity index (χ0v) is 25.3. The first-order chi connectivity index (χ1) is 18.7. The van der Waals surface area contributed by atoms with Gasteiger partial charge in [-0.2, -0.15) is 4.31 Å². The maximum absolute atomic E-state index is 13.7. The molecule has 0 spiro atoms. The van der Waals surface area contributed by atoms with Crippen molar-refractivity contribution < 1.29 is 22.7 Å². The minimum absolute atomic E-state index is 0.0107. The SMILES string of the molecule is COc1cc(C)c(S(=O)(=O)N2CCCCC2COCC(=O)N(C)CCC2CCC(N3CCCC3)CC2)c(C)c1. The smallest absolute Gasteiger partial charge is 0.248 e. The molecule has 2 aliphatic heterocycles. The summed E-state index contributed by atoms with van der Waals surface area (Å²) in [5.74, 6) is 1.32. The molecule has 1 aromatic rings. The molecule has 0 radical (unpaired) electrons. The average molecular weight is 564 g/mol. The summed E-state index contributed by atoms with van der Waals surface area (Å²) in [7, 11) is -0.258. The molecule has 0 bridgehead atoms. The molecule has 8 nitrogen and oxygen atoms in total. The van der Waals surface area contributed by atoms with Crippen LogP contribution in [0.3, 0.4) is 0 Å². The number of rotatable bonds is 11. The highest BCUT2D eigenvalue weighted by molar-refractivity contribution is 7.89. The first-order valence-electron chi connectivity index (χ1n) is 14.9. The Morgan fingerprint density at radius 2 is 1.62 bits per heavy atom. The number of methoxy groups -OCH3 is 1. The summed E-state index contributed by atoms with van der Waals surface area (Å²) < 4.78 is 40.2. The Labute approximate surface area is 236 Å². The molecule has 0 aromatic heterocycles. The van der Waals surface area contributed by atoms with Gasteiger partial charge in [0.15, 0.2) is 0 Å². The van der Waals surface area contributed by atoms with Crippen molar-refractivity contribution in [3.8, 4) is 5.75 Å². The molecular weight excluding hydrogens is 514 g/mol. The lowest BCUT2D eigenvalue weighted by Crippen LogP contribution is -2.46. The molecule has 220 valence electrons. The van der Waals surface area contributed by atoms with E-state index in [0.29, 0.717) is 34.2 Å². The van der Waals surface area contributed by atoms with Gasteiger partial charge in [0.25, 0.3) is 0 Å². The van der Waals surface area contributed by atoms with Gasteiger partial charge in [-0.05, 0) is 114 Å². The Hall–Kier alpha value is -1.68. The predicted molar refractivity (Wildman–Crippen MR) is 154 cm³/mol. The summed E-state index contributed by atoms with van der Waals surface area (Å²) in [4.78, 5) is 17.6. The summed E-state index contributed by atoms with van der Waals surface area (Å²) in [5, 5.41) is 0. The van der Waals surface area contributed by atoms with E-state index in [0.717, 1.165) is 38.3 Å². The number of ether oxygens (including phenoxy) is 2. The third-order valence-electron chi connectivity index (χ3n) is 9.12. The Morgan fingerprint density at radius 1 is 0.974 bits per heavy atom. The molecule has 1 atom stereocenters. The number of hydrogen-bond donors (Lipinski definition) is 0. The number of amides is 1. The maximum atomic E-state index is 13.7. The van der Waals surface area contributed by atoms with E-state index in [2.05, 4.69) is 4.90 Å². The van der Waals surface area contributed by atoms with Gasteiger partial charge in [0.05, 0.1) is 18.6 Å². The van der Waals surface area contributed by atoms with Crippen LogP contribution in [0.15, 0.2) is 17.0 Å². The number of nitrogens with zero attached hydrogens (tertiary/aromatic N) is 3. The lowest BCUT2D eigenvalue weighted by molar-refractivity contribution is -0.135. The van der Waals surface area contributed by atoms with Crippen LogP contribution in [0.1, 0.15) is 75.3 Å². The number of benzene rings is 1. The van der Waals surface area contributed by atoms with Crippen LogP contribution in [0.5, 0.6) is 5.75 Å². The third kappa shape index (κ3) is 7.54. The van der Waals surface area contributed by atoms with Gasteiger partial charge in [-0.25, -0.2) is 8.42 Å². The van der Waals surface area contributed by atoms with Crippen LogP contribution < -0.4 is 4.74 Å². The number of carbonyl (C=O) groups excluding carboxylic acids is 1. The van der Waals surface area contributed by atoms with Crippen molar-refractivity contribution in [2.75, 3.05) is 53.6 Å². The van der Waals surface area contributed by atoms with Gasteiger partial charge in [-0.1, -0.05) is 6.42 Å². The van der Waals surface area contributed by atoms with Crippen LogP contribution in [0.4, 0.5) is 0 Å². The molecule has 3 fully saturated rings. The lowest BCUT2D eigenvalue weighted by Gasteiger charge is -2.35. The topological polar surface area (TPSA) is 79.4 Å². The summed E-state index contributed by atoms with van der Waals surface area (Å²) in [6, 6.07) is 4.04. The minimum Gasteiger partial charge on any atom is -0.497 e. The Morgan fingerprint density at radius 3 is 2.26 bits per heavy atom. The van der Waals surface area contributed by atoms with Crippen LogP contribution in [-0.4, -0.2) is 94.1 Å². The second kappa shape index (κ2) is 13.8. The van der Waals surface area contributed by atoms with Crippen LogP contribution >= 0.6 is 0 Å². The maximum Gasteiger partial charge on any atom is 0.248 e. The van der Waals surface area contributed by atoms with Crippen molar-refractivity contribution >= 4 is 15.9 Å². The molecule has 4 rings (SSSR count). The number of likely N-dealkylation sites (N-methyl/N-ethyl adjacent to an activating group) is 1. The van der Waals surface area contributed by atoms with E-state index in [4.69, 9.17) is 9.47 Å². The van der Waals surface area contributed by atoms with Crippen molar-refractivity contribution in [3.05, 3.63) is 23.3 Å². The van der Waals surface area contributed by atoms with Crippen molar-refractivity contribution in [3.63, 3.8) is 0 Å².